The van der Waals surface area contributed by atoms with Crippen molar-refractivity contribution in [2.24, 2.45) is 0 Å². The summed E-state index contributed by atoms with van der Waals surface area (Å²) in [6.07, 6.45) is 0. The van der Waals surface area contributed by atoms with Gasteiger partial charge in [-0.2, -0.15) is 5.26 Å². The lowest BCUT2D eigenvalue weighted by Gasteiger charge is -2.28. The molecule has 1 fully saturated rings. The van der Waals surface area contributed by atoms with E-state index < -0.39 is 16.8 Å². The van der Waals surface area contributed by atoms with Crippen molar-refractivity contribution in [3.63, 3.8) is 0 Å². The van der Waals surface area contributed by atoms with Gasteiger partial charge >= 0.3 is 5.97 Å². The number of thiophene rings is 1. The first-order valence-electron chi connectivity index (χ1n) is 10.2. The van der Waals surface area contributed by atoms with Crippen LogP contribution in [0.2, 0.25) is 0 Å². The van der Waals surface area contributed by atoms with Crippen molar-refractivity contribution in [1.82, 2.24) is 5.32 Å². The molecule has 3 rings (SSSR count). The molecule has 0 bridgehead atoms. The average molecular weight is 504 g/mol. The van der Waals surface area contributed by atoms with Crippen LogP contribution in [-0.4, -0.2) is 54.8 Å². The minimum absolute atomic E-state index is 0.0444. The van der Waals surface area contributed by atoms with E-state index in [0.29, 0.717) is 37.6 Å². The number of ether oxygens (including phenoxy) is 2. The zero-order valence-electron chi connectivity index (χ0n) is 18.4. The first kappa shape index (κ1) is 25.0. The number of morpholine rings is 1. The van der Waals surface area contributed by atoms with E-state index in [1.807, 2.05) is 11.0 Å². The molecule has 0 radical (unpaired) electrons. The van der Waals surface area contributed by atoms with E-state index in [9.17, 15) is 25.0 Å². The number of nitrogens with one attached hydrogen (secondary N) is 2. The van der Waals surface area contributed by atoms with Crippen LogP contribution in [0.15, 0.2) is 18.2 Å². The summed E-state index contributed by atoms with van der Waals surface area (Å²) in [5.74, 6) is -1.22. The fourth-order valence-corrected chi connectivity index (χ4v) is 4.63. The molecule has 1 aromatic heterocycles. The van der Waals surface area contributed by atoms with Crippen molar-refractivity contribution < 1.29 is 24.0 Å². The summed E-state index contributed by atoms with van der Waals surface area (Å²) < 4.78 is 10.3. The number of hydrogen-bond acceptors (Lipinski definition) is 10. The van der Waals surface area contributed by atoms with Crippen molar-refractivity contribution in [2.75, 3.05) is 43.1 Å². The summed E-state index contributed by atoms with van der Waals surface area (Å²) in [5, 5.41) is 26.4. The summed E-state index contributed by atoms with van der Waals surface area (Å²) in [6.45, 7) is 5.42. The predicted molar refractivity (Wildman–Crippen MR) is 130 cm³/mol. The zero-order valence-corrected chi connectivity index (χ0v) is 20.0. The minimum Gasteiger partial charge on any atom is -0.462 e. The van der Waals surface area contributed by atoms with E-state index in [1.54, 1.807) is 13.8 Å². The Morgan fingerprint density at radius 1 is 1.38 bits per heavy atom. The number of anilines is 2. The molecular formula is C21H21N5O6S2. The van der Waals surface area contributed by atoms with E-state index >= 15 is 0 Å². The lowest BCUT2D eigenvalue weighted by molar-refractivity contribution is -0.384. The number of nitriles is 1. The third-order valence-electron chi connectivity index (χ3n) is 4.96. The highest BCUT2D eigenvalue weighted by atomic mass is 32.1. The largest absolute Gasteiger partial charge is 0.462 e. The Morgan fingerprint density at radius 3 is 2.71 bits per heavy atom. The number of esters is 1. The summed E-state index contributed by atoms with van der Waals surface area (Å²) in [5.41, 5.74) is 0.896. The minimum atomic E-state index is -0.661. The van der Waals surface area contributed by atoms with Gasteiger partial charge in [0.1, 0.15) is 21.6 Å². The fourth-order valence-electron chi connectivity index (χ4n) is 3.32. The number of nitrogens with zero attached hydrogens (tertiary/aromatic N) is 3. The molecular weight excluding hydrogens is 482 g/mol. The van der Waals surface area contributed by atoms with Gasteiger partial charge in [-0.05, 0) is 43.8 Å². The molecule has 1 aromatic carbocycles. The van der Waals surface area contributed by atoms with Crippen LogP contribution in [0.1, 0.15) is 38.1 Å². The van der Waals surface area contributed by atoms with Gasteiger partial charge in [-0.25, -0.2) is 4.79 Å². The Hall–Kier alpha value is -3.60. The number of carbonyl (C=O) groups excluding carboxylic acids is 2. The number of carbonyl (C=O) groups is 2. The lowest BCUT2D eigenvalue weighted by Crippen LogP contribution is -2.37. The van der Waals surface area contributed by atoms with Gasteiger partial charge in [-0.3, -0.25) is 20.2 Å². The maximum absolute atomic E-state index is 12.7. The Kier molecular flexibility index (Phi) is 8.11. The van der Waals surface area contributed by atoms with Crippen LogP contribution in [0, 0.1) is 28.4 Å². The highest BCUT2D eigenvalue weighted by Gasteiger charge is 2.25. The first-order valence-corrected chi connectivity index (χ1v) is 11.4. The smallest absolute Gasteiger partial charge is 0.348 e. The van der Waals surface area contributed by atoms with Crippen molar-refractivity contribution in [3.05, 3.63) is 49.9 Å². The van der Waals surface area contributed by atoms with Crippen LogP contribution in [-0.2, 0) is 9.47 Å². The molecule has 1 aliphatic rings. The molecule has 0 unspecified atom stereocenters. The fraction of sp³-hybridized carbons (Fsp3) is 0.333. The van der Waals surface area contributed by atoms with E-state index in [2.05, 4.69) is 10.6 Å². The van der Waals surface area contributed by atoms with E-state index in [1.165, 1.54) is 18.2 Å². The molecule has 13 heteroatoms. The number of hydrogen-bond donors (Lipinski definition) is 2. The molecule has 1 amide bonds. The Labute approximate surface area is 204 Å². The van der Waals surface area contributed by atoms with Crippen molar-refractivity contribution >= 4 is 56.9 Å². The maximum Gasteiger partial charge on any atom is 0.348 e. The zero-order chi connectivity index (χ0) is 24.8. The number of nitro benzene ring substituents is 1. The Balaban J connectivity index is 1.76. The maximum atomic E-state index is 12.7. The summed E-state index contributed by atoms with van der Waals surface area (Å²) in [7, 11) is 0. The molecule has 0 saturated carbocycles. The van der Waals surface area contributed by atoms with Gasteiger partial charge in [0.2, 0.25) is 0 Å². The molecule has 1 aliphatic heterocycles. The number of amides is 1. The van der Waals surface area contributed by atoms with Crippen molar-refractivity contribution in [2.45, 2.75) is 13.8 Å². The van der Waals surface area contributed by atoms with E-state index in [-0.39, 0.29) is 38.4 Å². The molecule has 11 nitrogen and oxygen atoms in total. The Bertz CT molecular complexity index is 1180. The van der Waals surface area contributed by atoms with Gasteiger partial charge in [0.25, 0.3) is 11.6 Å². The lowest BCUT2D eigenvalue weighted by atomic mass is 10.1. The van der Waals surface area contributed by atoms with Crippen molar-refractivity contribution in [1.29, 1.82) is 5.26 Å². The first-order chi connectivity index (χ1) is 16.3. The molecule has 0 atom stereocenters. The van der Waals surface area contributed by atoms with Crippen LogP contribution in [0.4, 0.5) is 16.4 Å². The summed E-state index contributed by atoms with van der Waals surface area (Å²) in [4.78, 5) is 38.0. The van der Waals surface area contributed by atoms with Gasteiger partial charge in [0.05, 0.1) is 30.3 Å². The summed E-state index contributed by atoms with van der Waals surface area (Å²) >= 11 is 6.17. The van der Waals surface area contributed by atoms with Gasteiger partial charge in [-0.1, -0.05) is 0 Å². The van der Waals surface area contributed by atoms with Crippen LogP contribution >= 0.6 is 23.6 Å². The standard InChI is InChI=1S/C21H21N5O6S2/c1-3-32-20(28)17-12(2)14(11-22)19(34-17)24-21(33)23-18(27)13-4-5-15(16(10-13)26(29)30)25-6-8-31-9-7-25/h4-5,10H,3,6-9H2,1-2H3,(H2,23,24,27,33). The topological polar surface area (TPSA) is 147 Å². The highest BCUT2D eigenvalue weighted by molar-refractivity contribution is 7.80. The predicted octanol–water partition coefficient (Wildman–Crippen LogP) is 2.98. The summed E-state index contributed by atoms with van der Waals surface area (Å²) in [6, 6.07) is 6.20. The molecule has 2 N–H and O–H groups in total. The molecule has 34 heavy (non-hydrogen) atoms. The van der Waals surface area contributed by atoms with Crippen LogP contribution < -0.4 is 15.5 Å². The van der Waals surface area contributed by atoms with Crippen LogP contribution in [0.5, 0.6) is 0 Å². The van der Waals surface area contributed by atoms with Crippen LogP contribution in [0.25, 0.3) is 0 Å². The number of benzene rings is 1. The number of nitro groups is 1. The Morgan fingerprint density at radius 2 is 2.09 bits per heavy atom. The van der Waals surface area contributed by atoms with Crippen molar-refractivity contribution in [3.8, 4) is 6.07 Å². The van der Waals surface area contributed by atoms with Gasteiger partial charge < -0.3 is 19.7 Å². The van der Waals surface area contributed by atoms with E-state index in [4.69, 9.17) is 21.7 Å². The van der Waals surface area contributed by atoms with Gasteiger partial charge in [0, 0.05) is 24.7 Å². The molecule has 0 spiro atoms. The van der Waals surface area contributed by atoms with Gasteiger partial charge in [-0.15, -0.1) is 11.3 Å². The monoisotopic (exact) mass is 503 g/mol. The second-order valence-electron chi connectivity index (χ2n) is 7.06. The van der Waals surface area contributed by atoms with Gasteiger partial charge in [0.15, 0.2) is 5.11 Å². The average Bonchev–Trinajstić information content (AvgIpc) is 3.13. The number of thiocarbonyl (C=S) groups is 1. The third-order valence-corrected chi connectivity index (χ3v) is 6.35. The third kappa shape index (κ3) is 5.48. The second-order valence-corrected chi connectivity index (χ2v) is 8.49. The highest BCUT2D eigenvalue weighted by Crippen LogP contribution is 2.33. The molecule has 2 heterocycles. The second kappa shape index (κ2) is 11.0. The quantitative estimate of drug-likeness (QED) is 0.261. The molecule has 2 aromatic rings. The SMILES string of the molecule is CCOC(=O)c1sc(NC(=S)NC(=O)c2ccc(N3CCOCC3)c([N+](=O)[O-])c2)c(C#N)c1C. The number of rotatable bonds is 6. The normalized spacial score (nSPS) is 13.0. The molecule has 1 saturated heterocycles. The van der Waals surface area contributed by atoms with Crippen LogP contribution in [0.3, 0.4) is 0 Å². The molecule has 0 aliphatic carbocycles. The van der Waals surface area contributed by atoms with E-state index in [0.717, 1.165) is 11.3 Å². The molecule has 178 valence electrons.